The SMILES string of the molecule is CC[C@H](C)Oc1ccccc1/C=C1\SC(=S)N(CC(=O)O)C1=O. The van der Waals surface area contributed by atoms with Gasteiger partial charge >= 0.3 is 5.97 Å². The summed E-state index contributed by atoms with van der Waals surface area (Å²) in [5, 5.41) is 8.85. The highest BCUT2D eigenvalue weighted by Gasteiger charge is 2.33. The van der Waals surface area contributed by atoms with E-state index in [1.54, 1.807) is 6.08 Å². The first-order valence-electron chi connectivity index (χ1n) is 7.15. The van der Waals surface area contributed by atoms with Crippen LogP contribution < -0.4 is 4.74 Å². The molecule has 1 amide bonds. The topological polar surface area (TPSA) is 66.8 Å². The van der Waals surface area contributed by atoms with E-state index in [0.29, 0.717) is 10.7 Å². The molecule has 7 heteroatoms. The first kappa shape index (κ1) is 17.5. The Hall–Kier alpha value is -1.86. The minimum absolute atomic E-state index is 0.0612. The van der Waals surface area contributed by atoms with Crippen LogP contribution in [0.4, 0.5) is 0 Å². The van der Waals surface area contributed by atoms with Gasteiger partial charge in [-0.05, 0) is 25.5 Å². The van der Waals surface area contributed by atoms with Crippen molar-refractivity contribution in [3.05, 3.63) is 34.7 Å². The monoisotopic (exact) mass is 351 g/mol. The molecule has 0 aromatic heterocycles. The molecule has 0 bridgehead atoms. The molecule has 1 aromatic rings. The number of thiocarbonyl (C=S) groups is 1. The molecular weight excluding hydrogens is 334 g/mol. The van der Waals surface area contributed by atoms with Gasteiger partial charge in [0.05, 0.1) is 11.0 Å². The third-order valence-corrected chi connectivity index (χ3v) is 4.65. The smallest absolute Gasteiger partial charge is 0.323 e. The first-order chi connectivity index (χ1) is 10.9. The minimum Gasteiger partial charge on any atom is -0.490 e. The Bertz CT molecular complexity index is 672. The summed E-state index contributed by atoms with van der Waals surface area (Å²) in [5.74, 6) is -0.797. The van der Waals surface area contributed by atoms with Crippen molar-refractivity contribution in [2.75, 3.05) is 6.54 Å². The number of thioether (sulfide) groups is 1. The number of hydrogen-bond donors (Lipinski definition) is 1. The molecule has 1 heterocycles. The molecule has 1 aliphatic rings. The first-order valence-corrected chi connectivity index (χ1v) is 8.37. The van der Waals surface area contributed by atoms with Gasteiger partial charge in [-0.1, -0.05) is 49.1 Å². The number of benzene rings is 1. The summed E-state index contributed by atoms with van der Waals surface area (Å²) >= 11 is 6.19. The molecule has 0 saturated carbocycles. The summed E-state index contributed by atoms with van der Waals surface area (Å²) in [6, 6.07) is 7.41. The number of carboxylic acids is 1. The molecule has 1 saturated heterocycles. The number of carboxylic acid groups (broad SMARTS) is 1. The predicted octanol–water partition coefficient (Wildman–Crippen LogP) is 3.15. The average Bonchev–Trinajstić information content (AvgIpc) is 2.76. The fourth-order valence-corrected chi connectivity index (χ4v) is 3.17. The Morgan fingerprint density at radius 3 is 2.83 bits per heavy atom. The Morgan fingerprint density at radius 2 is 2.17 bits per heavy atom. The van der Waals surface area contributed by atoms with Crippen LogP contribution in [0.25, 0.3) is 6.08 Å². The standard InChI is InChI=1S/C16H17NO4S2/c1-3-10(2)21-12-7-5-4-6-11(12)8-13-15(20)17(9-14(18)19)16(22)23-13/h4-8,10H,3,9H2,1-2H3,(H,18,19)/b13-8-/t10-/m0/s1. The van der Waals surface area contributed by atoms with Gasteiger partial charge in [0.15, 0.2) is 0 Å². The summed E-state index contributed by atoms with van der Waals surface area (Å²) < 4.78 is 6.11. The van der Waals surface area contributed by atoms with E-state index in [-0.39, 0.29) is 16.3 Å². The summed E-state index contributed by atoms with van der Waals surface area (Å²) in [6.07, 6.45) is 2.62. The second-order valence-corrected chi connectivity index (χ2v) is 6.71. The van der Waals surface area contributed by atoms with E-state index >= 15 is 0 Å². The summed E-state index contributed by atoms with van der Waals surface area (Å²) in [4.78, 5) is 24.6. The minimum atomic E-state index is -1.09. The van der Waals surface area contributed by atoms with E-state index in [4.69, 9.17) is 22.1 Å². The molecule has 2 rings (SSSR count). The fraction of sp³-hybridized carbons (Fsp3) is 0.312. The maximum atomic E-state index is 12.3. The zero-order chi connectivity index (χ0) is 17.0. The van der Waals surface area contributed by atoms with Crippen molar-refractivity contribution in [1.29, 1.82) is 0 Å². The van der Waals surface area contributed by atoms with Gasteiger partial charge in [-0.15, -0.1) is 0 Å². The quantitative estimate of drug-likeness (QED) is 0.627. The van der Waals surface area contributed by atoms with Crippen LogP contribution in [-0.4, -0.2) is 38.9 Å². The van der Waals surface area contributed by atoms with Gasteiger partial charge in [0, 0.05) is 5.56 Å². The molecule has 0 radical (unpaired) electrons. The van der Waals surface area contributed by atoms with Gasteiger partial charge < -0.3 is 9.84 Å². The number of aliphatic carboxylic acids is 1. The number of nitrogens with zero attached hydrogens (tertiary/aromatic N) is 1. The average molecular weight is 351 g/mol. The third kappa shape index (κ3) is 4.33. The molecule has 1 aromatic carbocycles. The van der Waals surface area contributed by atoms with E-state index in [9.17, 15) is 9.59 Å². The van der Waals surface area contributed by atoms with E-state index in [1.807, 2.05) is 38.1 Å². The third-order valence-electron chi connectivity index (χ3n) is 3.28. The van der Waals surface area contributed by atoms with Crippen molar-refractivity contribution in [3.8, 4) is 5.75 Å². The van der Waals surface area contributed by atoms with E-state index in [1.165, 1.54) is 0 Å². The maximum Gasteiger partial charge on any atom is 0.323 e. The molecule has 1 fully saturated rings. The zero-order valence-corrected chi connectivity index (χ0v) is 14.4. The molecule has 1 N–H and O–H groups in total. The molecule has 1 atom stereocenters. The van der Waals surface area contributed by atoms with Crippen LogP contribution in [0, 0.1) is 0 Å². The largest absolute Gasteiger partial charge is 0.490 e. The lowest BCUT2D eigenvalue weighted by molar-refractivity contribution is -0.140. The predicted molar refractivity (Wildman–Crippen MR) is 94.3 cm³/mol. The molecule has 122 valence electrons. The molecule has 23 heavy (non-hydrogen) atoms. The van der Waals surface area contributed by atoms with Crippen LogP contribution in [0.1, 0.15) is 25.8 Å². The number of carbonyl (C=O) groups is 2. The van der Waals surface area contributed by atoms with Gasteiger partial charge in [-0.3, -0.25) is 14.5 Å². The van der Waals surface area contributed by atoms with Crippen LogP contribution >= 0.6 is 24.0 Å². The van der Waals surface area contributed by atoms with Crippen molar-refractivity contribution in [2.24, 2.45) is 0 Å². The van der Waals surface area contributed by atoms with Crippen LogP contribution in [-0.2, 0) is 9.59 Å². The van der Waals surface area contributed by atoms with Gasteiger partial charge in [0.2, 0.25) is 0 Å². The van der Waals surface area contributed by atoms with Crippen LogP contribution in [0.5, 0.6) is 5.75 Å². The van der Waals surface area contributed by atoms with Crippen LogP contribution in [0.15, 0.2) is 29.2 Å². The number of hydrogen-bond acceptors (Lipinski definition) is 5. The molecule has 1 aliphatic heterocycles. The van der Waals surface area contributed by atoms with Crippen LogP contribution in [0.2, 0.25) is 0 Å². The Kier molecular flexibility index (Phi) is 5.79. The highest BCUT2D eigenvalue weighted by Crippen LogP contribution is 2.34. The van der Waals surface area contributed by atoms with Gasteiger partial charge in [-0.25, -0.2) is 0 Å². The lowest BCUT2D eigenvalue weighted by atomic mass is 10.1. The van der Waals surface area contributed by atoms with Crippen molar-refractivity contribution in [3.63, 3.8) is 0 Å². The Labute approximate surface area is 144 Å². The molecule has 5 nitrogen and oxygen atoms in total. The summed E-state index contributed by atoms with van der Waals surface area (Å²) in [5.41, 5.74) is 0.767. The number of rotatable bonds is 6. The van der Waals surface area contributed by atoms with Crippen LogP contribution in [0.3, 0.4) is 0 Å². The summed E-state index contributed by atoms with van der Waals surface area (Å²) in [7, 11) is 0. The number of ether oxygens (including phenoxy) is 1. The number of amides is 1. The Morgan fingerprint density at radius 1 is 1.48 bits per heavy atom. The second-order valence-electron chi connectivity index (χ2n) is 5.04. The van der Waals surface area contributed by atoms with Gasteiger partial charge in [0.1, 0.15) is 16.6 Å². The van der Waals surface area contributed by atoms with Crippen molar-refractivity contribution in [1.82, 2.24) is 4.90 Å². The maximum absolute atomic E-state index is 12.3. The van der Waals surface area contributed by atoms with Gasteiger partial charge in [-0.2, -0.15) is 0 Å². The van der Waals surface area contributed by atoms with Crippen molar-refractivity contribution in [2.45, 2.75) is 26.4 Å². The highest BCUT2D eigenvalue weighted by atomic mass is 32.2. The number of para-hydroxylation sites is 1. The van der Waals surface area contributed by atoms with Crippen molar-refractivity contribution >= 4 is 46.3 Å². The highest BCUT2D eigenvalue weighted by molar-refractivity contribution is 8.26. The Balaban J connectivity index is 2.27. The lowest BCUT2D eigenvalue weighted by Gasteiger charge is -2.14. The molecule has 0 unspecified atom stereocenters. The van der Waals surface area contributed by atoms with E-state index < -0.39 is 12.5 Å². The molecule has 0 aliphatic carbocycles. The second kappa shape index (κ2) is 7.61. The number of carbonyl (C=O) groups excluding carboxylic acids is 1. The molecular formula is C16H17NO4S2. The molecule has 0 spiro atoms. The van der Waals surface area contributed by atoms with Gasteiger partial charge in [0.25, 0.3) is 5.91 Å². The zero-order valence-electron chi connectivity index (χ0n) is 12.8. The van der Waals surface area contributed by atoms with E-state index in [0.717, 1.165) is 28.6 Å². The van der Waals surface area contributed by atoms with E-state index in [2.05, 4.69) is 0 Å². The lowest BCUT2D eigenvalue weighted by Crippen LogP contribution is -2.33. The fourth-order valence-electron chi connectivity index (χ4n) is 1.92. The normalized spacial score (nSPS) is 17.7. The van der Waals surface area contributed by atoms with Crippen molar-refractivity contribution < 1.29 is 19.4 Å². The summed E-state index contributed by atoms with van der Waals surface area (Å²) in [6.45, 7) is 3.58.